The summed E-state index contributed by atoms with van der Waals surface area (Å²) in [6.07, 6.45) is 5.52. The summed E-state index contributed by atoms with van der Waals surface area (Å²) in [6.45, 7) is 13.6. The van der Waals surface area contributed by atoms with Gasteiger partial charge in [-0.3, -0.25) is 4.90 Å². The van der Waals surface area contributed by atoms with Crippen molar-refractivity contribution in [3.05, 3.63) is 35.4 Å². The molecule has 3 rings (SSSR count). The molecule has 0 saturated carbocycles. The van der Waals surface area contributed by atoms with Crippen molar-refractivity contribution >= 4 is 29.9 Å². The molecule has 2 heterocycles. The van der Waals surface area contributed by atoms with Crippen molar-refractivity contribution in [1.82, 2.24) is 20.4 Å². The summed E-state index contributed by atoms with van der Waals surface area (Å²) in [5, 5.41) is 16.5. The maximum Gasteiger partial charge on any atom is 0.191 e. The molecule has 0 radical (unpaired) electrons. The van der Waals surface area contributed by atoms with E-state index in [0.717, 1.165) is 63.9 Å². The first kappa shape index (κ1) is 27.3. The van der Waals surface area contributed by atoms with Gasteiger partial charge in [-0.05, 0) is 75.7 Å². The normalized spacial score (nSPS) is 19.5. The van der Waals surface area contributed by atoms with Crippen LogP contribution in [0, 0.1) is 5.92 Å². The molecule has 1 aromatic rings. The first-order valence-corrected chi connectivity index (χ1v) is 12.3. The van der Waals surface area contributed by atoms with Crippen LogP contribution in [0.25, 0.3) is 0 Å². The zero-order chi connectivity index (χ0) is 21.9. The van der Waals surface area contributed by atoms with Crippen molar-refractivity contribution in [1.29, 1.82) is 0 Å². The lowest BCUT2D eigenvalue weighted by atomic mass is 9.99. The van der Waals surface area contributed by atoms with Gasteiger partial charge >= 0.3 is 0 Å². The number of aliphatic hydroxyl groups excluding tert-OH is 1. The predicted molar refractivity (Wildman–Crippen MR) is 145 cm³/mol. The Labute approximate surface area is 212 Å². The van der Waals surface area contributed by atoms with Gasteiger partial charge in [0, 0.05) is 32.7 Å². The SMILES string of the molecule is CCNC(=NCc1ccc(CN2CCC(O)CC2)cc1)NCCCN1CCC(C)CC1.I. The Morgan fingerprint density at radius 2 is 1.59 bits per heavy atom. The van der Waals surface area contributed by atoms with Crippen LogP contribution in [0.2, 0.25) is 0 Å². The highest BCUT2D eigenvalue weighted by molar-refractivity contribution is 14.0. The largest absolute Gasteiger partial charge is 0.393 e. The average molecular weight is 558 g/mol. The molecule has 1 aromatic carbocycles. The zero-order valence-electron chi connectivity index (χ0n) is 20.1. The number of halogens is 1. The van der Waals surface area contributed by atoms with E-state index in [9.17, 15) is 5.11 Å². The van der Waals surface area contributed by atoms with Crippen LogP contribution in [0.3, 0.4) is 0 Å². The highest BCUT2D eigenvalue weighted by atomic mass is 127. The molecule has 7 heteroatoms. The molecular weight excluding hydrogens is 513 g/mol. The van der Waals surface area contributed by atoms with E-state index in [2.05, 4.69) is 58.5 Å². The van der Waals surface area contributed by atoms with Gasteiger partial charge in [0.2, 0.25) is 0 Å². The fourth-order valence-electron chi connectivity index (χ4n) is 4.39. The average Bonchev–Trinajstić information content (AvgIpc) is 2.78. The maximum atomic E-state index is 9.66. The monoisotopic (exact) mass is 557 g/mol. The summed E-state index contributed by atoms with van der Waals surface area (Å²) in [6, 6.07) is 8.82. The maximum absolute atomic E-state index is 9.66. The minimum absolute atomic E-state index is 0. The van der Waals surface area contributed by atoms with Gasteiger partial charge in [0.25, 0.3) is 0 Å². The fourth-order valence-corrected chi connectivity index (χ4v) is 4.39. The second-order valence-electron chi connectivity index (χ2n) is 9.32. The van der Waals surface area contributed by atoms with Crippen molar-refractivity contribution in [3.63, 3.8) is 0 Å². The topological polar surface area (TPSA) is 63.1 Å². The van der Waals surface area contributed by atoms with E-state index in [1.165, 1.54) is 43.6 Å². The van der Waals surface area contributed by atoms with E-state index in [1.807, 2.05) is 0 Å². The van der Waals surface area contributed by atoms with Crippen molar-refractivity contribution in [2.75, 3.05) is 45.8 Å². The number of likely N-dealkylation sites (tertiary alicyclic amines) is 2. The van der Waals surface area contributed by atoms with Gasteiger partial charge < -0.3 is 20.6 Å². The molecule has 6 nitrogen and oxygen atoms in total. The number of piperidine rings is 2. The van der Waals surface area contributed by atoms with Gasteiger partial charge in [-0.1, -0.05) is 31.2 Å². The molecule has 2 saturated heterocycles. The molecule has 32 heavy (non-hydrogen) atoms. The number of aliphatic imine (C=N–C) groups is 1. The number of aliphatic hydroxyl groups is 1. The van der Waals surface area contributed by atoms with Crippen LogP contribution in [0.15, 0.2) is 29.3 Å². The Kier molecular flexibility index (Phi) is 12.9. The Balaban J connectivity index is 0.00000363. The summed E-state index contributed by atoms with van der Waals surface area (Å²) in [5.41, 5.74) is 2.57. The smallest absolute Gasteiger partial charge is 0.191 e. The minimum Gasteiger partial charge on any atom is -0.393 e. The van der Waals surface area contributed by atoms with Crippen LogP contribution >= 0.6 is 24.0 Å². The van der Waals surface area contributed by atoms with Crippen LogP contribution in [-0.4, -0.2) is 72.8 Å². The van der Waals surface area contributed by atoms with E-state index in [-0.39, 0.29) is 30.1 Å². The number of rotatable bonds is 9. The van der Waals surface area contributed by atoms with E-state index in [1.54, 1.807) is 0 Å². The van der Waals surface area contributed by atoms with Crippen LogP contribution in [0.5, 0.6) is 0 Å². The summed E-state index contributed by atoms with van der Waals surface area (Å²) < 4.78 is 0. The molecule has 0 amide bonds. The van der Waals surface area contributed by atoms with E-state index >= 15 is 0 Å². The number of nitrogens with one attached hydrogen (secondary N) is 2. The van der Waals surface area contributed by atoms with E-state index < -0.39 is 0 Å². The van der Waals surface area contributed by atoms with Gasteiger partial charge in [0.05, 0.1) is 12.6 Å². The third-order valence-electron chi connectivity index (χ3n) is 6.57. The minimum atomic E-state index is -0.107. The predicted octanol–water partition coefficient (Wildman–Crippen LogP) is 3.44. The lowest BCUT2D eigenvalue weighted by Crippen LogP contribution is -2.39. The first-order chi connectivity index (χ1) is 15.1. The van der Waals surface area contributed by atoms with Gasteiger partial charge in [-0.2, -0.15) is 0 Å². The number of hydrogen-bond acceptors (Lipinski definition) is 4. The van der Waals surface area contributed by atoms with Crippen LogP contribution < -0.4 is 10.6 Å². The third-order valence-corrected chi connectivity index (χ3v) is 6.57. The Morgan fingerprint density at radius 3 is 2.25 bits per heavy atom. The summed E-state index contributed by atoms with van der Waals surface area (Å²) in [5.74, 6) is 1.81. The molecule has 2 aliphatic rings. The molecule has 0 atom stereocenters. The molecule has 3 N–H and O–H groups in total. The lowest BCUT2D eigenvalue weighted by Gasteiger charge is -2.30. The van der Waals surface area contributed by atoms with Gasteiger partial charge in [-0.25, -0.2) is 4.99 Å². The Hall–Kier alpha value is -0.900. The summed E-state index contributed by atoms with van der Waals surface area (Å²) in [4.78, 5) is 9.80. The van der Waals surface area contributed by atoms with Gasteiger partial charge in [0.1, 0.15) is 0 Å². The molecule has 0 aromatic heterocycles. The lowest BCUT2D eigenvalue weighted by molar-refractivity contribution is 0.0792. The fraction of sp³-hybridized carbons (Fsp3) is 0.720. The molecule has 2 fully saturated rings. The number of guanidine groups is 1. The Bertz CT molecular complexity index is 653. The van der Waals surface area contributed by atoms with Crippen LogP contribution in [-0.2, 0) is 13.1 Å². The van der Waals surface area contributed by atoms with Crippen LogP contribution in [0.4, 0.5) is 0 Å². The third kappa shape index (κ3) is 9.93. The van der Waals surface area contributed by atoms with Crippen molar-refractivity contribution in [3.8, 4) is 0 Å². The van der Waals surface area contributed by atoms with Crippen molar-refractivity contribution < 1.29 is 5.11 Å². The second kappa shape index (κ2) is 15.1. The van der Waals surface area contributed by atoms with Crippen LogP contribution in [0.1, 0.15) is 57.1 Å². The highest BCUT2D eigenvalue weighted by Gasteiger charge is 2.17. The number of nitrogens with zero attached hydrogens (tertiary/aromatic N) is 3. The molecule has 182 valence electrons. The summed E-state index contributed by atoms with van der Waals surface area (Å²) >= 11 is 0. The van der Waals surface area contributed by atoms with Crippen molar-refractivity contribution in [2.45, 2.75) is 65.1 Å². The van der Waals surface area contributed by atoms with Crippen molar-refractivity contribution in [2.24, 2.45) is 10.9 Å². The molecule has 0 bridgehead atoms. The molecular formula is C25H44IN5O. The number of benzene rings is 1. The first-order valence-electron chi connectivity index (χ1n) is 12.3. The highest BCUT2D eigenvalue weighted by Crippen LogP contribution is 2.16. The molecule has 0 aliphatic carbocycles. The quantitative estimate of drug-likeness (QED) is 0.188. The van der Waals surface area contributed by atoms with Gasteiger partial charge in [-0.15, -0.1) is 24.0 Å². The number of hydrogen-bond donors (Lipinski definition) is 3. The summed E-state index contributed by atoms with van der Waals surface area (Å²) in [7, 11) is 0. The van der Waals surface area contributed by atoms with E-state index in [0.29, 0.717) is 6.54 Å². The van der Waals surface area contributed by atoms with Gasteiger partial charge in [0.15, 0.2) is 5.96 Å². The van der Waals surface area contributed by atoms with E-state index in [4.69, 9.17) is 4.99 Å². The molecule has 0 spiro atoms. The molecule has 2 aliphatic heterocycles. The second-order valence-corrected chi connectivity index (χ2v) is 9.32. The Morgan fingerprint density at radius 1 is 0.969 bits per heavy atom. The zero-order valence-corrected chi connectivity index (χ0v) is 22.4. The standard InChI is InChI=1S/C25H43N5O.HI/c1-3-26-25(27-13-4-14-29-15-9-21(2)10-16-29)28-19-22-5-7-23(8-6-22)20-30-17-11-24(31)12-18-30;/h5-8,21,24,31H,3-4,9-20H2,1-2H3,(H2,26,27,28);1H. The molecule has 0 unspecified atom stereocenters.